The fourth-order valence-corrected chi connectivity index (χ4v) is 2.44. The number of carbonyl (C=O) groups excluding carboxylic acids is 1. The first-order valence-corrected chi connectivity index (χ1v) is 6.58. The molecule has 0 radical (unpaired) electrons. The van der Waals surface area contributed by atoms with Crippen molar-refractivity contribution < 1.29 is 4.79 Å². The molecule has 1 unspecified atom stereocenters. The van der Waals surface area contributed by atoms with E-state index in [1.807, 2.05) is 38.1 Å². The maximum atomic E-state index is 12.0. The number of likely N-dealkylation sites (N-methyl/N-ethyl adjacent to an activating group) is 1. The van der Waals surface area contributed by atoms with Gasteiger partial charge >= 0.3 is 0 Å². The molecule has 0 aliphatic heterocycles. The molecular weight excluding hydrogens is 300 g/mol. The van der Waals surface area contributed by atoms with Gasteiger partial charge in [-0.1, -0.05) is 15.9 Å². The number of hydrogen-bond donors (Lipinski definition) is 2. The van der Waals surface area contributed by atoms with Crippen LogP contribution in [0.25, 0.3) is 0 Å². The van der Waals surface area contributed by atoms with Gasteiger partial charge in [0, 0.05) is 22.0 Å². The van der Waals surface area contributed by atoms with Crippen molar-refractivity contribution in [1.29, 1.82) is 0 Å². The molecule has 1 aromatic carbocycles. The molecule has 0 aliphatic carbocycles. The quantitative estimate of drug-likeness (QED) is 0.836. The third-order valence-electron chi connectivity index (χ3n) is 2.22. The Labute approximate surface area is 116 Å². The summed E-state index contributed by atoms with van der Waals surface area (Å²) < 4.78 is 0.917. The minimum absolute atomic E-state index is 0.0862. The highest BCUT2D eigenvalue weighted by atomic mass is 79.9. The number of carbonyl (C=O) groups is 1. The van der Waals surface area contributed by atoms with E-state index >= 15 is 0 Å². The molecule has 3 nitrogen and oxygen atoms in total. The first kappa shape index (κ1) is 14.5. The third kappa shape index (κ3) is 4.69. The Hall–Kier alpha value is -0.520. The zero-order chi connectivity index (χ0) is 13.0. The molecule has 1 aromatic rings. The van der Waals surface area contributed by atoms with Crippen molar-refractivity contribution in [1.82, 2.24) is 10.2 Å². The highest BCUT2D eigenvalue weighted by Crippen LogP contribution is 2.19. The fourth-order valence-electron chi connectivity index (χ4n) is 1.59. The van der Waals surface area contributed by atoms with Gasteiger partial charge in [-0.2, -0.15) is 0 Å². The van der Waals surface area contributed by atoms with Gasteiger partial charge in [0.25, 0.3) is 5.91 Å². The average molecular weight is 317 g/mol. The third-order valence-corrected chi connectivity index (χ3v) is 3.08. The van der Waals surface area contributed by atoms with Crippen LogP contribution >= 0.6 is 28.6 Å². The molecule has 0 aliphatic rings. The summed E-state index contributed by atoms with van der Waals surface area (Å²) in [5, 5.41) is 2.94. The number of hydrogen-bond acceptors (Lipinski definition) is 3. The van der Waals surface area contributed by atoms with Gasteiger partial charge in [0.15, 0.2) is 0 Å². The summed E-state index contributed by atoms with van der Waals surface area (Å²) in [4.78, 5) is 14.7. The molecule has 0 fully saturated rings. The van der Waals surface area contributed by atoms with E-state index in [4.69, 9.17) is 0 Å². The second-order valence-corrected chi connectivity index (χ2v) is 5.70. The van der Waals surface area contributed by atoms with E-state index in [2.05, 4.69) is 33.9 Å². The Morgan fingerprint density at radius 3 is 2.71 bits per heavy atom. The molecule has 1 rings (SSSR count). The Bertz CT molecular complexity index is 409. The largest absolute Gasteiger partial charge is 0.348 e. The smallest absolute Gasteiger partial charge is 0.252 e. The Morgan fingerprint density at radius 1 is 1.53 bits per heavy atom. The number of benzene rings is 1. The molecule has 1 atom stereocenters. The van der Waals surface area contributed by atoms with Crippen molar-refractivity contribution in [2.24, 2.45) is 0 Å². The minimum atomic E-state index is -0.0862. The van der Waals surface area contributed by atoms with Crippen molar-refractivity contribution in [2.75, 3.05) is 20.6 Å². The van der Waals surface area contributed by atoms with Gasteiger partial charge in [0.2, 0.25) is 0 Å². The summed E-state index contributed by atoms with van der Waals surface area (Å²) in [6.45, 7) is 2.79. The molecule has 1 N–H and O–H groups in total. The van der Waals surface area contributed by atoms with Crippen LogP contribution in [-0.4, -0.2) is 37.5 Å². The van der Waals surface area contributed by atoms with Gasteiger partial charge in [0.1, 0.15) is 0 Å². The number of halogens is 1. The number of amides is 1. The molecule has 0 aromatic heterocycles. The summed E-state index contributed by atoms with van der Waals surface area (Å²) >= 11 is 7.64. The minimum Gasteiger partial charge on any atom is -0.348 e. The van der Waals surface area contributed by atoms with E-state index in [-0.39, 0.29) is 11.9 Å². The van der Waals surface area contributed by atoms with Gasteiger partial charge in [-0.3, -0.25) is 4.79 Å². The topological polar surface area (TPSA) is 32.3 Å². The van der Waals surface area contributed by atoms with Crippen LogP contribution in [0.2, 0.25) is 0 Å². The molecule has 0 saturated heterocycles. The maximum Gasteiger partial charge on any atom is 0.252 e. The second kappa shape index (κ2) is 6.42. The van der Waals surface area contributed by atoms with Crippen molar-refractivity contribution in [3.05, 3.63) is 28.2 Å². The van der Waals surface area contributed by atoms with Gasteiger partial charge in [0.05, 0.1) is 5.56 Å². The van der Waals surface area contributed by atoms with Crippen LogP contribution in [0.5, 0.6) is 0 Å². The van der Waals surface area contributed by atoms with E-state index in [9.17, 15) is 4.79 Å². The lowest BCUT2D eigenvalue weighted by atomic mass is 10.2. The van der Waals surface area contributed by atoms with E-state index in [1.165, 1.54) is 0 Å². The van der Waals surface area contributed by atoms with Crippen LogP contribution in [0.1, 0.15) is 17.3 Å². The SMILES string of the molecule is CC(CN(C)C)NC(=O)c1ccc(Br)cc1S. The highest BCUT2D eigenvalue weighted by molar-refractivity contribution is 9.10. The van der Waals surface area contributed by atoms with Gasteiger partial charge in [-0.15, -0.1) is 12.6 Å². The monoisotopic (exact) mass is 316 g/mol. The van der Waals surface area contributed by atoms with E-state index < -0.39 is 0 Å². The van der Waals surface area contributed by atoms with Crippen LogP contribution in [0.3, 0.4) is 0 Å². The van der Waals surface area contributed by atoms with Crippen LogP contribution in [-0.2, 0) is 0 Å². The van der Waals surface area contributed by atoms with Crippen molar-refractivity contribution >= 4 is 34.5 Å². The summed E-state index contributed by atoms with van der Waals surface area (Å²) in [6, 6.07) is 5.53. The second-order valence-electron chi connectivity index (χ2n) is 4.30. The van der Waals surface area contributed by atoms with Gasteiger partial charge < -0.3 is 10.2 Å². The fraction of sp³-hybridized carbons (Fsp3) is 0.417. The first-order chi connectivity index (χ1) is 7.90. The van der Waals surface area contributed by atoms with Gasteiger partial charge in [-0.05, 0) is 39.2 Å². The highest BCUT2D eigenvalue weighted by Gasteiger charge is 2.12. The van der Waals surface area contributed by atoms with Crippen LogP contribution in [0.4, 0.5) is 0 Å². The maximum absolute atomic E-state index is 12.0. The molecule has 17 heavy (non-hydrogen) atoms. The predicted octanol–water partition coefficient (Wildman–Crippen LogP) is 2.42. The lowest BCUT2D eigenvalue weighted by Crippen LogP contribution is -2.39. The van der Waals surface area contributed by atoms with Crippen LogP contribution < -0.4 is 5.32 Å². The average Bonchev–Trinajstić information content (AvgIpc) is 2.15. The number of thiol groups is 1. The number of nitrogens with zero attached hydrogens (tertiary/aromatic N) is 1. The van der Waals surface area contributed by atoms with Crippen LogP contribution in [0, 0.1) is 0 Å². The number of rotatable bonds is 4. The summed E-state index contributed by atoms with van der Waals surface area (Å²) in [6.07, 6.45) is 0. The van der Waals surface area contributed by atoms with Crippen molar-refractivity contribution in [3.8, 4) is 0 Å². The lowest BCUT2D eigenvalue weighted by molar-refractivity contribution is 0.0931. The van der Waals surface area contributed by atoms with Crippen molar-refractivity contribution in [3.63, 3.8) is 0 Å². The normalized spacial score (nSPS) is 12.6. The summed E-state index contributed by atoms with van der Waals surface area (Å²) in [5.41, 5.74) is 0.599. The molecule has 5 heteroatoms. The van der Waals surface area contributed by atoms with E-state index in [0.717, 1.165) is 11.0 Å². The molecule has 0 saturated carbocycles. The summed E-state index contributed by atoms with van der Waals surface area (Å²) in [7, 11) is 3.96. The van der Waals surface area contributed by atoms with E-state index in [1.54, 1.807) is 6.07 Å². The van der Waals surface area contributed by atoms with Gasteiger partial charge in [-0.25, -0.2) is 0 Å². The molecule has 0 bridgehead atoms. The first-order valence-electron chi connectivity index (χ1n) is 5.34. The molecule has 0 spiro atoms. The predicted molar refractivity (Wildman–Crippen MR) is 76.9 cm³/mol. The Balaban J connectivity index is 2.70. The zero-order valence-electron chi connectivity index (χ0n) is 10.2. The molecule has 94 valence electrons. The van der Waals surface area contributed by atoms with Crippen molar-refractivity contribution in [2.45, 2.75) is 17.9 Å². The number of nitrogens with one attached hydrogen (secondary N) is 1. The Morgan fingerprint density at radius 2 is 2.18 bits per heavy atom. The standard InChI is InChI=1S/C12H17BrN2OS/c1-8(7-15(2)3)14-12(16)10-5-4-9(13)6-11(10)17/h4-6,8,17H,7H2,1-3H3,(H,14,16). The summed E-state index contributed by atoms with van der Waals surface area (Å²) in [5.74, 6) is -0.0862. The Kier molecular flexibility index (Phi) is 5.49. The van der Waals surface area contributed by atoms with E-state index in [0.29, 0.717) is 10.5 Å². The zero-order valence-corrected chi connectivity index (χ0v) is 12.7. The molecule has 1 amide bonds. The van der Waals surface area contributed by atoms with Crippen LogP contribution in [0.15, 0.2) is 27.6 Å². The molecule has 0 heterocycles. The molecular formula is C12H17BrN2OS. The lowest BCUT2D eigenvalue weighted by Gasteiger charge is -2.18.